The van der Waals surface area contributed by atoms with E-state index in [1.165, 1.54) is 0 Å². The molecule has 0 radical (unpaired) electrons. The molecule has 0 fully saturated rings. The van der Waals surface area contributed by atoms with Crippen LogP contribution in [0, 0.1) is 0 Å². The standard InChI is InChI=1S/C15H15N3O4/c19-14(20)12-6-11-13(8-18(12)15(21)22)17(9-16-11)7-10-4-2-1-3-5-10/h1-5,9,12H,6-8H2,(H,19,20)(H,21,22)/t12-/m0/s1. The maximum absolute atomic E-state index is 11.3. The fourth-order valence-electron chi connectivity index (χ4n) is 2.70. The molecule has 1 aliphatic rings. The van der Waals surface area contributed by atoms with Gasteiger partial charge in [-0.3, -0.25) is 4.90 Å². The van der Waals surface area contributed by atoms with Crippen LogP contribution in [0.3, 0.4) is 0 Å². The fraction of sp³-hybridized carbons (Fsp3) is 0.267. The first-order chi connectivity index (χ1) is 10.6. The van der Waals surface area contributed by atoms with Crippen molar-refractivity contribution >= 4 is 12.1 Å². The zero-order valence-corrected chi connectivity index (χ0v) is 11.7. The highest BCUT2D eigenvalue weighted by Gasteiger charge is 2.36. The van der Waals surface area contributed by atoms with E-state index >= 15 is 0 Å². The van der Waals surface area contributed by atoms with Gasteiger partial charge in [0.1, 0.15) is 6.04 Å². The molecule has 22 heavy (non-hydrogen) atoms. The predicted octanol–water partition coefficient (Wildman–Crippen LogP) is 1.42. The van der Waals surface area contributed by atoms with Crippen molar-refractivity contribution in [2.75, 3.05) is 0 Å². The Morgan fingerprint density at radius 3 is 2.59 bits per heavy atom. The van der Waals surface area contributed by atoms with Crippen LogP contribution >= 0.6 is 0 Å². The van der Waals surface area contributed by atoms with E-state index in [0.29, 0.717) is 12.2 Å². The van der Waals surface area contributed by atoms with Crippen molar-refractivity contribution in [3.8, 4) is 0 Å². The minimum Gasteiger partial charge on any atom is -0.480 e. The number of imidazole rings is 1. The van der Waals surface area contributed by atoms with Gasteiger partial charge in [-0.25, -0.2) is 14.6 Å². The molecular formula is C15H15N3O4. The molecule has 0 spiro atoms. The van der Waals surface area contributed by atoms with Gasteiger partial charge in [0.15, 0.2) is 0 Å². The fourth-order valence-corrected chi connectivity index (χ4v) is 2.70. The normalized spacial score (nSPS) is 17.1. The number of carbonyl (C=O) groups is 2. The van der Waals surface area contributed by atoms with Crippen LogP contribution in [-0.2, 0) is 24.3 Å². The van der Waals surface area contributed by atoms with E-state index in [1.807, 2.05) is 34.9 Å². The minimum absolute atomic E-state index is 0.0362. The van der Waals surface area contributed by atoms with Crippen molar-refractivity contribution in [2.24, 2.45) is 0 Å². The molecular weight excluding hydrogens is 286 g/mol. The third-order valence-corrected chi connectivity index (χ3v) is 3.84. The molecule has 1 aromatic heterocycles. The topological polar surface area (TPSA) is 95.7 Å². The molecule has 1 atom stereocenters. The number of benzene rings is 1. The van der Waals surface area contributed by atoms with Crippen molar-refractivity contribution in [1.29, 1.82) is 0 Å². The predicted molar refractivity (Wildman–Crippen MR) is 76.5 cm³/mol. The summed E-state index contributed by atoms with van der Waals surface area (Å²) >= 11 is 0. The van der Waals surface area contributed by atoms with Crippen LogP contribution in [0.15, 0.2) is 36.7 Å². The van der Waals surface area contributed by atoms with Gasteiger partial charge in [-0.1, -0.05) is 30.3 Å². The maximum Gasteiger partial charge on any atom is 0.408 e. The van der Waals surface area contributed by atoms with E-state index in [1.54, 1.807) is 6.33 Å². The highest BCUT2D eigenvalue weighted by atomic mass is 16.4. The Bertz CT molecular complexity index is 711. The summed E-state index contributed by atoms with van der Waals surface area (Å²) in [4.78, 5) is 27.8. The first-order valence-electron chi connectivity index (χ1n) is 6.85. The third-order valence-electron chi connectivity index (χ3n) is 3.84. The Kier molecular flexibility index (Phi) is 3.54. The molecule has 2 N–H and O–H groups in total. The Morgan fingerprint density at radius 2 is 1.95 bits per heavy atom. The van der Waals surface area contributed by atoms with E-state index in [-0.39, 0.29) is 13.0 Å². The van der Waals surface area contributed by atoms with E-state index in [9.17, 15) is 19.8 Å². The van der Waals surface area contributed by atoms with E-state index in [4.69, 9.17) is 0 Å². The first kappa shape index (κ1) is 14.1. The highest BCUT2D eigenvalue weighted by Crippen LogP contribution is 2.23. The van der Waals surface area contributed by atoms with Gasteiger partial charge in [0.2, 0.25) is 0 Å². The Morgan fingerprint density at radius 1 is 1.23 bits per heavy atom. The lowest BCUT2D eigenvalue weighted by atomic mass is 10.0. The molecule has 2 aromatic rings. The lowest BCUT2D eigenvalue weighted by Crippen LogP contribution is -2.48. The SMILES string of the molecule is O=C(O)[C@@H]1Cc2ncn(Cc3ccccc3)c2CN1C(=O)O. The average Bonchev–Trinajstić information content (AvgIpc) is 2.89. The van der Waals surface area contributed by atoms with E-state index in [2.05, 4.69) is 4.98 Å². The van der Waals surface area contributed by atoms with Gasteiger partial charge >= 0.3 is 12.1 Å². The van der Waals surface area contributed by atoms with Gasteiger partial charge in [0.25, 0.3) is 0 Å². The smallest absolute Gasteiger partial charge is 0.408 e. The molecule has 7 nitrogen and oxygen atoms in total. The number of carboxylic acid groups (broad SMARTS) is 2. The number of rotatable bonds is 3. The van der Waals surface area contributed by atoms with Crippen molar-refractivity contribution in [3.63, 3.8) is 0 Å². The summed E-state index contributed by atoms with van der Waals surface area (Å²) in [6.45, 7) is 0.614. The molecule has 0 bridgehead atoms. The molecule has 1 amide bonds. The van der Waals surface area contributed by atoms with Crippen LogP contribution < -0.4 is 0 Å². The Hall–Kier alpha value is -2.83. The number of aromatic nitrogens is 2. The van der Waals surface area contributed by atoms with Crippen LogP contribution in [0.4, 0.5) is 4.79 Å². The first-order valence-corrected chi connectivity index (χ1v) is 6.85. The van der Waals surface area contributed by atoms with Crippen molar-refractivity contribution in [2.45, 2.75) is 25.6 Å². The minimum atomic E-state index is -1.23. The second kappa shape index (κ2) is 5.51. The van der Waals surface area contributed by atoms with E-state index in [0.717, 1.165) is 16.2 Å². The second-order valence-electron chi connectivity index (χ2n) is 5.22. The second-order valence-corrected chi connectivity index (χ2v) is 5.22. The van der Waals surface area contributed by atoms with Crippen molar-refractivity contribution in [3.05, 3.63) is 53.6 Å². The molecule has 1 aliphatic heterocycles. The van der Waals surface area contributed by atoms with Gasteiger partial charge in [0, 0.05) is 13.0 Å². The maximum atomic E-state index is 11.3. The van der Waals surface area contributed by atoms with Gasteiger partial charge in [0.05, 0.1) is 24.3 Å². The number of hydrogen-bond donors (Lipinski definition) is 2. The van der Waals surface area contributed by atoms with Crippen LogP contribution in [0.25, 0.3) is 0 Å². The molecule has 2 heterocycles. The molecule has 0 saturated carbocycles. The number of fused-ring (bicyclic) bond motifs is 1. The lowest BCUT2D eigenvalue weighted by Gasteiger charge is -2.30. The Labute approximate surface area is 126 Å². The zero-order chi connectivity index (χ0) is 15.7. The summed E-state index contributed by atoms with van der Waals surface area (Å²) in [5.41, 5.74) is 2.48. The number of aliphatic carboxylic acids is 1. The highest BCUT2D eigenvalue weighted by molar-refractivity contribution is 5.80. The molecule has 0 saturated heterocycles. The quantitative estimate of drug-likeness (QED) is 0.894. The summed E-state index contributed by atoms with van der Waals surface area (Å²) in [6, 6.07) is 8.67. The van der Waals surface area contributed by atoms with Crippen molar-refractivity contribution < 1.29 is 19.8 Å². The number of carboxylic acids is 1. The lowest BCUT2D eigenvalue weighted by molar-refractivity contribution is -0.143. The molecule has 0 unspecified atom stereocenters. The summed E-state index contributed by atoms with van der Waals surface area (Å²) < 4.78 is 1.87. The monoisotopic (exact) mass is 301 g/mol. The number of hydrogen-bond acceptors (Lipinski definition) is 3. The third kappa shape index (κ3) is 2.52. The average molecular weight is 301 g/mol. The van der Waals surface area contributed by atoms with Crippen LogP contribution in [0.1, 0.15) is 17.0 Å². The molecule has 3 rings (SSSR count). The van der Waals surface area contributed by atoms with Gasteiger partial charge in [-0.15, -0.1) is 0 Å². The summed E-state index contributed by atoms with van der Waals surface area (Å²) in [5, 5.41) is 18.4. The number of nitrogens with zero attached hydrogens (tertiary/aromatic N) is 3. The van der Waals surface area contributed by atoms with Gasteiger partial charge < -0.3 is 14.8 Å². The van der Waals surface area contributed by atoms with Crippen LogP contribution in [0.5, 0.6) is 0 Å². The molecule has 1 aromatic carbocycles. The van der Waals surface area contributed by atoms with Crippen LogP contribution in [-0.4, -0.2) is 42.8 Å². The van der Waals surface area contributed by atoms with E-state index < -0.39 is 18.1 Å². The largest absolute Gasteiger partial charge is 0.480 e. The zero-order valence-electron chi connectivity index (χ0n) is 11.7. The summed E-state index contributed by atoms with van der Waals surface area (Å²) in [5.74, 6) is -1.15. The van der Waals surface area contributed by atoms with Gasteiger partial charge in [-0.05, 0) is 5.56 Å². The Balaban J connectivity index is 1.90. The van der Waals surface area contributed by atoms with Crippen molar-refractivity contribution in [1.82, 2.24) is 14.5 Å². The number of amides is 1. The van der Waals surface area contributed by atoms with Gasteiger partial charge in [-0.2, -0.15) is 0 Å². The summed E-state index contributed by atoms with van der Waals surface area (Å²) in [7, 11) is 0. The van der Waals surface area contributed by atoms with Crippen LogP contribution in [0.2, 0.25) is 0 Å². The molecule has 114 valence electrons. The molecule has 0 aliphatic carbocycles. The molecule has 7 heteroatoms. The summed E-state index contributed by atoms with van der Waals surface area (Å²) in [6.07, 6.45) is 0.506.